The molecule has 1 rings (SSSR count). The molecule has 2 nitrogen and oxygen atoms in total. The Morgan fingerprint density at radius 2 is 2.36 bits per heavy atom. The highest BCUT2D eigenvalue weighted by Crippen LogP contribution is 2.06. The minimum atomic E-state index is 0.101. The number of rotatable bonds is 6. The Hall–Kier alpha value is -1.27. The van der Waals surface area contributed by atoms with Crippen LogP contribution in [0.5, 0.6) is 0 Å². The fourth-order valence-electron chi connectivity index (χ4n) is 1.32. The van der Waals surface area contributed by atoms with Gasteiger partial charge in [0.15, 0.2) is 0 Å². The number of hydrogen-bond donors (Lipinski definition) is 1. The molecule has 0 atom stereocenters. The summed E-state index contributed by atoms with van der Waals surface area (Å²) < 4.78 is 0. The van der Waals surface area contributed by atoms with E-state index < -0.39 is 0 Å². The van der Waals surface area contributed by atoms with Gasteiger partial charge < -0.3 is 5.32 Å². The zero-order valence-corrected chi connectivity index (χ0v) is 8.68. The summed E-state index contributed by atoms with van der Waals surface area (Å²) >= 11 is 0. The predicted molar refractivity (Wildman–Crippen MR) is 57.9 cm³/mol. The average Bonchev–Trinajstić information content (AvgIpc) is 2.65. The molecule has 0 spiro atoms. The standard InChI is InChI=1S/C12H17NO/c1-2-3-6-9-13-12(14)10-11-7-4-5-8-11/h4-5,7H,2-3,6,9-10H2,1H3,(H,13,14). The number of carbonyl (C=O) groups is 1. The number of carbonyl (C=O) groups excluding carboxylic acids is 1. The molecule has 0 aromatic heterocycles. The summed E-state index contributed by atoms with van der Waals surface area (Å²) in [5, 5.41) is 2.90. The lowest BCUT2D eigenvalue weighted by Crippen LogP contribution is -2.24. The number of hydrogen-bond acceptors (Lipinski definition) is 1. The summed E-state index contributed by atoms with van der Waals surface area (Å²) in [6.45, 7) is 2.95. The molecule has 1 aliphatic carbocycles. The molecule has 1 N–H and O–H groups in total. The highest BCUT2D eigenvalue weighted by atomic mass is 16.1. The Labute approximate surface area is 85.4 Å². The molecule has 1 aliphatic rings. The van der Waals surface area contributed by atoms with Gasteiger partial charge in [0.1, 0.15) is 0 Å². The van der Waals surface area contributed by atoms with Crippen LogP contribution in [0.1, 0.15) is 32.6 Å². The maximum Gasteiger partial charge on any atom is 0.225 e. The molecule has 0 aromatic carbocycles. The van der Waals surface area contributed by atoms with Crippen LogP contribution in [0.4, 0.5) is 0 Å². The highest BCUT2D eigenvalue weighted by molar-refractivity contribution is 5.79. The topological polar surface area (TPSA) is 29.1 Å². The summed E-state index contributed by atoms with van der Waals surface area (Å²) in [6, 6.07) is 0. The summed E-state index contributed by atoms with van der Waals surface area (Å²) in [4.78, 5) is 11.3. The molecule has 0 radical (unpaired) electrons. The Morgan fingerprint density at radius 3 is 3.00 bits per heavy atom. The molecular formula is C12H17NO. The summed E-state index contributed by atoms with van der Waals surface area (Å²) in [6.07, 6.45) is 9.56. The first-order chi connectivity index (χ1) is 6.83. The molecule has 0 saturated carbocycles. The van der Waals surface area contributed by atoms with Gasteiger partial charge in [0.05, 0.1) is 6.42 Å². The van der Waals surface area contributed by atoms with Crippen LogP contribution < -0.4 is 5.32 Å². The van der Waals surface area contributed by atoms with E-state index in [2.05, 4.69) is 18.0 Å². The highest BCUT2D eigenvalue weighted by Gasteiger charge is 2.03. The van der Waals surface area contributed by atoms with Crippen molar-refractivity contribution in [1.82, 2.24) is 5.32 Å². The Kier molecular flexibility index (Phi) is 4.81. The molecule has 0 fully saturated rings. The zero-order chi connectivity index (χ0) is 10.2. The van der Waals surface area contributed by atoms with E-state index in [1.165, 1.54) is 12.8 Å². The van der Waals surface area contributed by atoms with Crippen molar-refractivity contribution in [3.63, 3.8) is 0 Å². The molecule has 0 unspecified atom stereocenters. The summed E-state index contributed by atoms with van der Waals surface area (Å²) in [5.41, 5.74) is 3.98. The third-order valence-corrected chi connectivity index (χ3v) is 2.12. The lowest BCUT2D eigenvalue weighted by atomic mass is 10.2. The molecule has 1 amide bonds. The Morgan fingerprint density at radius 1 is 1.50 bits per heavy atom. The van der Waals surface area contributed by atoms with E-state index in [0.717, 1.165) is 18.5 Å². The second-order valence-electron chi connectivity index (χ2n) is 3.43. The SMILES string of the molecule is CCCCCNC(=O)CC1=C=CC=C1. The predicted octanol–water partition coefficient (Wildman–Crippen LogP) is 2.33. The van der Waals surface area contributed by atoms with Crippen molar-refractivity contribution in [3.8, 4) is 0 Å². The van der Waals surface area contributed by atoms with Gasteiger partial charge in [-0.2, -0.15) is 0 Å². The monoisotopic (exact) mass is 191 g/mol. The van der Waals surface area contributed by atoms with E-state index in [-0.39, 0.29) is 5.91 Å². The smallest absolute Gasteiger partial charge is 0.225 e. The first kappa shape index (κ1) is 10.8. The van der Waals surface area contributed by atoms with Gasteiger partial charge in [0, 0.05) is 12.1 Å². The average molecular weight is 191 g/mol. The Balaban J connectivity index is 2.10. The van der Waals surface area contributed by atoms with Crippen molar-refractivity contribution in [1.29, 1.82) is 0 Å². The van der Waals surface area contributed by atoms with E-state index in [1.807, 2.05) is 18.2 Å². The second-order valence-corrected chi connectivity index (χ2v) is 3.43. The third kappa shape index (κ3) is 4.11. The van der Waals surface area contributed by atoms with Gasteiger partial charge in [0.25, 0.3) is 0 Å². The van der Waals surface area contributed by atoms with Gasteiger partial charge in [-0.25, -0.2) is 0 Å². The van der Waals surface area contributed by atoms with Crippen LogP contribution in [0.2, 0.25) is 0 Å². The van der Waals surface area contributed by atoms with Crippen molar-refractivity contribution in [2.75, 3.05) is 6.54 Å². The first-order valence-corrected chi connectivity index (χ1v) is 5.22. The fourth-order valence-corrected chi connectivity index (χ4v) is 1.32. The largest absolute Gasteiger partial charge is 0.356 e. The van der Waals surface area contributed by atoms with Crippen molar-refractivity contribution >= 4 is 5.91 Å². The number of unbranched alkanes of at least 4 members (excludes halogenated alkanes) is 2. The van der Waals surface area contributed by atoms with Gasteiger partial charge in [-0.05, 0) is 12.5 Å². The fraction of sp³-hybridized carbons (Fsp3) is 0.500. The van der Waals surface area contributed by atoms with Crippen molar-refractivity contribution in [3.05, 3.63) is 29.5 Å². The number of allylic oxidation sites excluding steroid dienone is 2. The number of amides is 1. The summed E-state index contributed by atoms with van der Waals surface area (Å²) in [7, 11) is 0. The van der Waals surface area contributed by atoms with Gasteiger partial charge in [-0.1, -0.05) is 31.9 Å². The molecule has 14 heavy (non-hydrogen) atoms. The molecule has 2 heteroatoms. The van der Waals surface area contributed by atoms with Gasteiger partial charge >= 0.3 is 0 Å². The van der Waals surface area contributed by atoms with E-state index >= 15 is 0 Å². The van der Waals surface area contributed by atoms with Crippen LogP contribution in [0.15, 0.2) is 29.5 Å². The van der Waals surface area contributed by atoms with Crippen molar-refractivity contribution in [2.45, 2.75) is 32.6 Å². The first-order valence-electron chi connectivity index (χ1n) is 5.22. The number of nitrogens with one attached hydrogen (secondary N) is 1. The van der Waals surface area contributed by atoms with Gasteiger partial charge in [-0.15, -0.1) is 5.73 Å². The minimum absolute atomic E-state index is 0.101. The molecule has 0 bridgehead atoms. The van der Waals surface area contributed by atoms with Crippen LogP contribution in [-0.4, -0.2) is 12.5 Å². The van der Waals surface area contributed by atoms with Crippen LogP contribution in [0.3, 0.4) is 0 Å². The van der Waals surface area contributed by atoms with E-state index in [4.69, 9.17) is 0 Å². The molecule has 0 heterocycles. The van der Waals surface area contributed by atoms with Gasteiger partial charge in [0.2, 0.25) is 5.91 Å². The zero-order valence-electron chi connectivity index (χ0n) is 8.68. The van der Waals surface area contributed by atoms with Crippen molar-refractivity contribution < 1.29 is 4.79 Å². The molecular weight excluding hydrogens is 174 g/mol. The summed E-state index contributed by atoms with van der Waals surface area (Å²) in [5.74, 6) is 0.101. The lowest BCUT2D eigenvalue weighted by Gasteiger charge is -2.03. The van der Waals surface area contributed by atoms with Gasteiger partial charge in [-0.3, -0.25) is 4.79 Å². The van der Waals surface area contributed by atoms with Crippen LogP contribution in [-0.2, 0) is 4.79 Å². The minimum Gasteiger partial charge on any atom is -0.356 e. The molecule has 76 valence electrons. The molecule has 0 aromatic rings. The maximum absolute atomic E-state index is 11.3. The van der Waals surface area contributed by atoms with E-state index in [9.17, 15) is 4.79 Å². The van der Waals surface area contributed by atoms with E-state index in [0.29, 0.717) is 6.42 Å². The quantitative estimate of drug-likeness (QED) is 0.506. The molecule has 0 aliphatic heterocycles. The Bertz CT molecular complexity index is 283. The maximum atomic E-state index is 11.3. The van der Waals surface area contributed by atoms with E-state index in [1.54, 1.807) is 0 Å². The third-order valence-electron chi connectivity index (χ3n) is 2.12. The van der Waals surface area contributed by atoms with Crippen LogP contribution >= 0.6 is 0 Å². The normalized spacial score (nSPS) is 13.1. The van der Waals surface area contributed by atoms with Crippen LogP contribution in [0, 0.1) is 0 Å². The lowest BCUT2D eigenvalue weighted by molar-refractivity contribution is -0.120. The molecule has 0 saturated heterocycles. The van der Waals surface area contributed by atoms with Crippen molar-refractivity contribution in [2.24, 2.45) is 0 Å². The van der Waals surface area contributed by atoms with Crippen LogP contribution in [0.25, 0.3) is 0 Å². The second kappa shape index (κ2) is 6.22.